The van der Waals surface area contributed by atoms with Gasteiger partial charge in [-0.2, -0.15) is 0 Å². The SMILES string of the molecule is NNC(=NC1CCCCC1)NC1CCCS(=O)(=O)C1. The average Bonchev–Trinajstić information content (AvgIpc) is 2.38. The van der Waals surface area contributed by atoms with E-state index in [0.717, 1.165) is 19.3 Å². The standard InChI is InChI=1S/C12H24N4O2S/c13-16-12(14-10-5-2-1-3-6-10)15-11-7-4-8-19(17,18)9-11/h10-11H,1-9,13H2,(H2,14,15,16). The Morgan fingerprint density at radius 1 is 1.11 bits per heavy atom. The second-order valence-electron chi connectivity index (χ2n) is 5.51. The quantitative estimate of drug-likeness (QED) is 0.294. The van der Waals surface area contributed by atoms with E-state index in [4.69, 9.17) is 5.84 Å². The molecule has 0 radical (unpaired) electrons. The summed E-state index contributed by atoms with van der Waals surface area (Å²) in [7, 11) is -2.90. The van der Waals surface area contributed by atoms with Gasteiger partial charge in [0.15, 0.2) is 9.84 Å². The van der Waals surface area contributed by atoms with Crippen molar-refractivity contribution in [3.05, 3.63) is 0 Å². The molecule has 1 aliphatic heterocycles. The van der Waals surface area contributed by atoms with Gasteiger partial charge in [0, 0.05) is 6.04 Å². The van der Waals surface area contributed by atoms with Crippen molar-refractivity contribution < 1.29 is 8.42 Å². The highest BCUT2D eigenvalue weighted by Crippen LogP contribution is 2.20. The van der Waals surface area contributed by atoms with Crippen LogP contribution in [0.2, 0.25) is 0 Å². The number of hydrogen-bond acceptors (Lipinski definition) is 4. The molecule has 4 N–H and O–H groups in total. The Labute approximate surface area is 115 Å². The summed E-state index contributed by atoms with van der Waals surface area (Å²) in [5.74, 6) is 6.50. The summed E-state index contributed by atoms with van der Waals surface area (Å²) < 4.78 is 23.2. The summed E-state index contributed by atoms with van der Waals surface area (Å²) in [6.07, 6.45) is 7.46. The third-order valence-corrected chi connectivity index (χ3v) is 5.65. The molecule has 0 aromatic carbocycles. The molecule has 7 heteroatoms. The van der Waals surface area contributed by atoms with Crippen molar-refractivity contribution in [2.75, 3.05) is 11.5 Å². The summed E-state index contributed by atoms with van der Waals surface area (Å²) in [5, 5.41) is 3.14. The van der Waals surface area contributed by atoms with Crippen LogP contribution in [0.3, 0.4) is 0 Å². The maximum atomic E-state index is 11.6. The molecule has 2 fully saturated rings. The number of sulfone groups is 1. The van der Waals surface area contributed by atoms with Gasteiger partial charge in [0.25, 0.3) is 0 Å². The van der Waals surface area contributed by atoms with Crippen LogP contribution in [0.5, 0.6) is 0 Å². The van der Waals surface area contributed by atoms with Crippen LogP contribution >= 0.6 is 0 Å². The average molecular weight is 288 g/mol. The minimum Gasteiger partial charge on any atom is -0.352 e. The zero-order chi connectivity index (χ0) is 13.7. The summed E-state index contributed by atoms with van der Waals surface area (Å²) in [6.45, 7) is 0. The van der Waals surface area contributed by atoms with Gasteiger partial charge in [-0.15, -0.1) is 0 Å². The van der Waals surface area contributed by atoms with Crippen LogP contribution in [0.15, 0.2) is 4.99 Å². The molecule has 0 bridgehead atoms. The largest absolute Gasteiger partial charge is 0.352 e. The Morgan fingerprint density at radius 3 is 2.47 bits per heavy atom. The first-order valence-corrected chi connectivity index (χ1v) is 8.92. The summed E-state index contributed by atoms with van der Waals surface area (Å²) in [5.41, 5.74) is 2.57. The maximum Gasteiger partial charge on any atom is 0.206 e. The fourth-order valence-electron chi connectivity index (χ4n) is 2.84. The fraction of sp³-hybridized carbons (Fsp3) is 0.917. The summed E-state index contributed by atoms with van der Waals surface area (Å²) in [4.78, 5) is 4.57. The molecule has 0 aromatic rings. The van der Waals surface area contributed by atoms with Crippen molar-refractivity contribution in [2.24, 2.45) is 10.8 Å². The molecule has 2 aliphatic rings. The number of hydrogen-bond donors (Lipinski definition) is 3. The predicted octanol–water partition coefficient (Wildman–Crippen LogP) is 0.305. The lowest BCUT2D eigenvalue weighted by Crippen LogP contribution is -2.50. The van der Waals surface area contributed by atoms with Crippen molar-refractivity contribution >= 4 is 15.8 Å². The van der Waals surface area contributed by atoms with Crippen molar-refractivity contribution in [2.45, 2.75) is 57.0 Å². The van der Waals surface area contributed by atoms with Gasteiger partial charge in [0.2, 0.25) is 5.96 Å². The molecule has 2 rings (SSSR count). The van der Waals surface area contributed by atoms with Crippen LogP contribution < -0.4 is 16.6 Å². The highest BCUT2D eigenvalue weighted by atomic mass is 32.2. The van der Waals surface area contributed by atoms with E-state index in [1.807, 2.05) is 0 Å². The van der Waals surface area contributed by atoms with E-state index in [1.165, 1.54) is 19.3 Å². The van der Waals surface area contributed by atoms with Gasteiger partial charge in [-0.25, -0.2) is 19.3 Å². The topological polar surface area (TPSA) is 96.6 Å². The molecule has 1 saturated heterocycles. The molecule has 0 aromatic heterocycles. The van der Waals surface area contributed by atoms with Gasteiger partial charge in [-0.1, -0.05) is 19.3 Å². The monoisotopic (exact) mass is 288 g/mol. The van der Waals surface area contributed by atoms with Crippen molar-refractivity contribution in [3.63, 3.8) is 0 Å². The second kappa shape index (κ2) is 6.56. The molecule has 6 nitrogen and oxygen atoms in total. The van der Waals surface area contributed by atoms with Crippen LogP contribution in [0.1, 0.15) is 44.9 Å². The molecule has 0 spiro atoms. The molecule has 0 amide bonds. The van der Waals surface area contributed by atoms with Crippen molar-refractivity contribution in [1.82, 2.24) is 10.7 Å². The van der Waals surface area contributed by atoms with Gasteiger partial charge < -0.3 is 5.32 Å². The lowest BCUT2D eigenvalue weighted by Gasteiger charge is -2.26. The van der Waals surface area contributed by atoms with Crippen LogP contribution in [0.4, 0.5) is 0 Å². The van der Waals surface area contributed by atoms with E-state index >= 15 is 0 Å². The van der Waals surface area contributed by atoms with Crippen LogP contribution in [-0.4, -0.2) is 38.0 Å². The van der Waals surface area contributed by atoms with Gasteiger partial charge in [0.05, 0.1) is 17.5 Å². The first-order valence-electron chi connectivity index (χ1n) is 7.10. The Hall–Kier alpha value is -0.820. The number of nitrogens with two attached hydrogens (primary N) is 1. The van der Waals surface area contributed by atoms with Gasteiger partial charge in [0.1, 0.15) is 0 Å². The normalized spacial score (nSPS) is 28.9. The smallest absolute Gasteiger partial charge is 0.206 e. The third kappa shape index (κ3) is 4.65. The number of nitrogens with one attached hydrogen (secondary N) is 2. The van der Waals surface area contributed by atoms with E-state index in [0.29, 0.717) is 24.2 Å². The van der Waals surface area contributed by atoms with Gasteiger partial charge in [-0.05, 0) is 25.7 Å². The van der Waals surface area contributed by atoms with E-state index < -0.39 is 9.84 Å². The highest BCUT2D eigenvalue weighted by Gasteiger charge is 2.25. The Balaban J connectivity index is 1.92. The first kappa shape index (κ1) is 14.6. The van der Waals surface area contributed by atoms with Crippen LogP contribution in [0.25, 0.3) is 0 Å². The lowest BCUT2D eigenvalue weighted by molar-refractivity contribution is 0.439. The zero-order valence-corrected chi connectivity index (χ0v) is 12.1. The Morgan fingerprint density at radius 2 is 1.84 bits per heavy atom. The molecule has 1 saturated carbocycles. The number of aliphatic imine (C=N–C) groups is 1. The summed E-state index contributed by atoms with van der Waals surface area (Å²) >= 11 is 0. The zero-order valence-electron chi connectivity index (χ0n) is 11.3. The lowest BCUT2D eigenvalue weighted by atomic mass is 9.96. The molecule has 19 heavy (non-hydrogen) atoms. The summed E-state index contributed by atoms with van der Waals surface area (Å²) in [6, 6.07) is 0.240. The number of guanidine groups is 1. The first-order chi connectivity index (χ1) is 9.09. The molecule has 110 valence electrons. The van der Waals surface area contributed by atoms with E-state index in [2.05, 4.69) is 15.7 Å². The Kier molecular flexibility index (Phi) is 5.04. The van der Waals surface area contributed by atoms with Crippen molar-refractivity contribution in [1.29, 1.82) is 0 Å². The molecule has 1 aliphatic carbocycles. The van der Waals surface area contributed by atoms with Crippen molar-refractivity contribution in [3.8, 4) is 0 Å². The number of rotatable bonds is 2. The minimum atomic E-state index is -2.90. The molecule has 1 unspecified atom stereocenters. The van der Waals surface area contributed by atoms with E-state index in [1.54, 1.807) is 0 Å². The maximum absolute atomic E-state index is 11.6. The predicted molar refractivity (Wildman–Crippen MR) is 76.4 cm³/mol. The second-order valence-corrected chi connectivity index (χ2v) is 7.74. The Bertz CT molecular complexity index is 415. The third-order valence-electron chi connectivity index (χ3n) is 3.83. The van der Waals surface area contributed by atoms with E-state index in [-0.39, 0.29) is 11.8 Å². The number of hydrazine groups is 1. The number of nitrogens with zero attached hydrogens (tertiary/aromatic N) is 1. The van der Waals surface area contributed by atoms with Crippen LogP contribution in [-0.2, 0) is 9.84 Å². The van der Waals surface area contributed by atoms with E-state index in [9.17, 15) is 8.42 Å². The minimum absolute atomic E-state index is 0.0721. The molecular weight excluding hydrogens is 264 g/mol. The van der Waals surface area contributed by atoms with Gasteiger partial charge in [-0.3, -0.25) is 5.43 Å². The molecule has 1 atom stereocenters. The van der Waals surface area contributed by atoms with Gasteiger partial charge >= 0.3 is 0 Å². The fourth-order valence-corrected chi connectivity index (χ4v) is 4.48. The molecular formula is C12H24N4O2S. The molecule has 1 heterocycles. The highest BCUT2D eigenvalue weighted by molar-refractivity contribution is 7.91. The van der Waals surface area contributed by atoms with Crippen LogP contribution in [0, 0.1) is 0 Å².